The zero-order valence-electron chi connectivity index (χ0n) is 17.3. The summed E-state index contributed by atoms with van der Waals surface area (Å²) in [4.78, 5) is 41.0. The summed E-state index contributed by atoms with van der Waals surface area (Å²) in [5, 5.41) is 11.7. The van der Waals surface area contributed by atoms with Crippen LogP contribution in [-0.2, 0) is 9.59 Å². The monoisotopic (exact) mass is 418 g/mol. The predicted octanol–water partition coefficient (Wildman–Crippen LogP) is 2.22. The molecule has 1 aliphatic carbocycles. The Balaban J connectivity index is 1.71. The van der Waals surface area contributed by atoms with Gasteiger partial charge in [-0.2, -0.15) is 0 Å². The van der Waals surface area contributed by atoms with Gasteiger partial charge in [-0.3, -0.25) is 14.8 Å². The molecule has 0 bridgehead atoms. The van der Waals surface area contributed by atoms with Crippen molar-refractivity contribution in [3.8, 4) is 5.75 Å². The van der Waals surface area contributed by atoms with Gasteiger partial charge < -0.3 is 19.9 Å². The Bertz CT molecular complexity index is 766. The first-order chi connectivity index (χ1) is 14.5. The first kappa shape index (κ1) is 21.9. The number of hydrogen-bond acceptors (Lipinski definition) is 5. The van der Waals surface area contributed by atoms with E-state index in [0.29, 0.717) is 43.3 Å². The third-order valence-electron chi connectivity index (χ3n) is 5.87. The molecule has 1 aromatic carbocycles. The largest absolute Gasteiger partial charge is 0.495 e. The first-order valence-corrected chi connectivity index (χ1v) is 10.5. The summed E-state index contributed by atoms with van der Waals surface area (Å²) in [5.41, 5.74) is 2.14. The molecule has 1 saturated carbocycles. The molecule has 1 atom stereocenters. The molecule has 1 heterocycles. The molecule has 1 aliphatic heterocycles. The minimum absolute atomic E-state index is 0.218. The highest BCUT2D eigenvalue weighted by Crippen LogP contribution is 2.28. The van der Waals surface area contributed by atoms with Crippen LogP contribution in [-0.4, -0.2) is 65.6 Å². The standard InChI is InChI=1S/C21H30N4O5/c1-30-18-11-5-4-9-16(18)22-21(28)25-12-6-10-17(25)20(27)24(14-19(26)23-29)13-15-7-2-3-8-15/h4-5,9,11,15,17,29H,2-3,6-8,10,12-14H2,1H3,(H,22,28)(H,23,26)/t17-/m0/s1. The van der Waals surface area contributed by atoms with Crippen molar-refractivity contribution in [2.24, 2.45) is 5.92 Å². The fraction of sp³-hybridized carbons (Fsp3) is 0.571. The van der Waals surface area contributed by atoms with Crippen molar-refractivity contribution in [2.45, 2.75) is 44.6 Å². The van der Waals surface area contributed by atoms with Crippen LogP contribution in [0.5, 0.6) is 5.75 Å². The fourth-order valence-electron chi connectivity index (χ4n) is 4.36. The number of hydrogen-bond donors (Lipinski definition) is 3. The molecule has 30 heavy (non-hydrogen) atoms. The van der Waals surface area contributed by atoms with Crippen molar-refractivity contribution in [1.29, 1.82) is 0 Å². The van der Waals surface area contributed by atoms with Gasteiger partial charge in [0, 0.05) is 13.1 Å². The smallest absolute Gasteiger partial charge is 0.322 e. The lowest BCUT2D eigenvalue weighted by molar-refractivity contribution is -0.142. The highest BCUT2D eigenvalue weighted by atomic mass is 16.5. The maximum atomic E-state index is 13.3. The van der Waals surface area contributed by atoms with Crippen molar-refractivity contribution in [1.82, 2.24) is 15.3 Å². The highest BCUT2D eigenvalue weighted by Gasteiger charge is 2.38. The normalized spacial score (nSPS) is 18.9. The first-order valence-electron chi connectivity index (χ1n) is 10.5. The molecule has 2 fully saturated rings. The summed E-state index contributed by atoms with van der Waals surface area (Å²) in [6.45, 7) is 0.704. The number of nitrogens with one attached hydrogen (secondary N) is 2. The molecule has 3 rings (SSSR count). The molecule has 0 unspecified atom stereocenters. The molecular weight excluding hydrogens is 388 g/mol. The van der Waals surface area contributed by atoms with Crippen molar-refractivity contribution < 1.29 is 24.3 Å². The quantitative estimate of drug-likeness (QED) is 0.464. The Labute approximate surface area is 176 Å². The lowest BCUT2D eigenvalue weighted by Gasteiger charge is -2.31. The number of anilines is 1. The van der Waals surface area contributed by atoms with E-state index in [1.165, 1.54) is 16.9 Å². The second-order valence-electron chi connectivity index (χ2n) is 7.89. The molecule has 164 valence electrons. The van der Waals surface area contributed by atoms with E-state index in [1.807, 2.05) is 6.07 Å². The Kier molecular flexibility index (Phi) is 7.51. The average molecular weight is 418 g/mol. The molecule has 0 aromatic heterocycles. The number of amides is 4. The number of hydroxylamine groups is 1. The summed E-state index contributed by atoms with van der Waals surface area (Å²) in [7, 11) is 1.53. The predicted molar refractivity (Wildman–Crippen MR) is 110 cm³/mol. The van der Waals surface area contributed by atoms with Gasteiger partial charge in [0.2, 0.25) is 5.91 Å². The zero-order chi connectivity index (χ0) is 21.5. The number of urea groups is 1. The Morgan fingerprint density at radius 1 is 1.17 bits per heavy atom. The molecule has 9 nitrogen and oxygen atoms in total. The molecule has 2 aliphatic rings. The van der Waals surface area contributed by atoms with Gasteiger partial charge in [-0.25, -0.2) is 10.3 Å². The molecule has 4 amide bonds. The topological polar surface area (TPSA) is 111 Å². The van der Waals surface area contributed by atoms with Gasteiger partial charge >= 0.3 is 6.03 Å². The van der Waals surface area contributed by atoms with Crippen LogP contribution in [0.2, 0.25) is 0 Å². The molecule has 0 radical (unpaired) electrons. The number of methoxy groups -OCH3 is 1. The number of carbonyl (C=O) groups is 3. The van der Waals surface area contributed by atoms with Crippen molar-refractivity contribution in [3.63, 3.8) is 0 Å². The van der Waals surface area contributed by atoms with E-state index in [2.05, 4.69) is 5.32 Å². The van der Waals surface area contributed by atoms with Gasteiger partial charge in [-0.1, -0.05) is 25.0 Å². The van der Waals surface area contributed by atoms with Crippen LogP contribution in [0.1, 0.15) is 38.5 Å². The molecule has 3 N–H and O–H groups in total. The molecular formula is C21H30N4O5. The summed E-state index contributed by atoms with van der Waals surface area (Å²) in [6.07, 6.45) is 5.53. The molecule has 1 aromatic rings. The van der Waals surface area contributed by atoms with Gasteiger partial charge in [0.1, 0.15) is 18.3 Å². The van der Waals surface area contributed by atoms with Crippen LogP contribution in [0, 0.1) is 5.92 Å². The molecule has 9 heteroatoms. The number of para-hydroxylation sites is 2. The number of ether oxygens (including phenoxy) is 1. The highest BCUT2D eigenvalue weighted by molar-refractivity contribution is 5.96. The number of rotatable bonds is 7. The van der Waals surface area contributed by atoms with Crippen LogP contribution in [0.4, 0.5) is 10.5 Å². The molecule has 0 spiro atoms. The molecule has 1 saturated heterocycles. The summed E-state index contributed by atoms with van der Waals surface area (Å²) in [5.74, 6) is -0.00403. The number of likely N-dealkylation sites (tertiary alicyclic amines) is 1. The van der Waals surface area contributed by atoms with E-state index >= 15 is 0 Å². The van der Waals surface area contributed by atoms with E-state index in [0.717, 1.165) is 25.7 Å². The van der Waals surface area contributed by atoms with Gasteiger partial charge in [-0.15, -0.1) is 0 Å². The van der Waals surface area contributed by atoms with E-state index in [-0.39, 0.29) is 18.5 Å². The minimum Gasteiger partial charge on any atom is -0.495 e. The SMILES string of the molecule is COc1ccccc1NC(=O)N1CCC[C@H]1C(=O)N(CC(=O)NO)CC1CCCC1. The average Bonchev–Trinajstić information content (AvgIpc) is 3.45. The fourth-order valence-corrected chi connectivity index (χ4v) is 4.36. The second-order valence-corrected chi connectivity index (χ2v) is 7.89. The second kappa shape index (κ2) is 10.3. The van der Waals surface area contributed by atoms with Crippen molar-refractivity contribution >= 4 is 23.5 Å². The third kappa shape index (κ3) is 5.21. The third-order valence-corrected chi connectivity index (χ3v) is 5.87. The van der Waals surface area contributed by atoms with Gasteiger partial charge in [0.15, 0.2) is 0 Å². The summed E-state index contributed by atoms with van der Waals surface area (Å²) >= 11 is 0. The van der Waals surface area contributed by atoms with Crippen LogP contribution >= 0.6 is 0 Å². The maximum Gasteiger partial charge on any atom is 0.322 e. The van der Waals surface area contributed by atoms with Crippen LogP contribution in [0.15, 0.2) is 24.3 Å². The number of benzene rings is 1. The van der Waals surface area contributed by atoms with E-state index in [9.17, 15) is 14.4 Å². The van der Waals surface area contributed by atoms with Gasteiger partial charge in [0.25, 0.3) is 5.91 Å². The minimum atomic E-state index is -0.635. The van der Waals surface area contributed by atoms with Crippen LogP contribution in [0.25, 0.3) is 0 Å². The summed E-state index contributed by atoms with van der Waals surface area (Å²) in [6, 6.07) is 6.09. The van der Waals surface area contributed by atoms with Crippen LogP contribution < -0.4 is 15.5 Å². The van der Waals surface area contributed by atoms with E-state index in [4.69, 9.17) is 9.94 Å². The van der Waals surface area contributed by atoms with Crippen molar-refractivity contribution in [3.05, 3.63) is 24.3 Å². The van der Waals surface area contributed by atoms with E-state index in [1.54, 1.807) is 23.7 Å². The van der Waals surface area contributed by atoms with E-state index < -0.39 is 11.9 Å². The van der Waals surface area contributed by atoms with Crippen molar-refractivity contribution in [2.75, 3.05) is 32.1 Å². The zero-order valence-corrected chi connectivity index (χ0v) is 17.3. The van der Waals surface area contributed by atoms with Crippen LogP contribution in [0.3, 0.4) is 0 Å². The lowest BCUT2D eigenvalue weighted by Crippen LogP contribution is -2.52. The van der Waals surface area contributed by atoms with Gasteiger partial charge in [-0.05, 0) is 43.7 Å². The summed E-state index contributed by atoms with van der Waals surface area (Å²) < 4.78 is 5.28. The Morgan fingerprint density at radius 3 is 2.60 bits per heavy atom. The lowest BCUT2D eigenvalue weighted by atomic mass is 10.1. The Hall–Kier alpha value is -2.81. The number of carbonyl (C=O) groups excluding carboxylic acids is 3. The van der Waals surface area contributed by atoms with Gasteiger partial charge in [0.05, 0.1) is 12.8 Å². The Morgan fingerprint density at radius 2 is 1.90 bits per heavy atom. The number of nitrogens with zero attached hydrogens (tertiary/aromatic N) is 2. The maximum absolute atomic E-state index is 13.3.